The molecule has 21 heavy (non-hydrogen) atoms. The van der Waals surface area contributed by atoms with E-state index in [0.29, 0.717) is 5.75 Å². The van der Waals surface area contributed by atoms with Crippen molar-refractivity contribution in [2.45, 2.75) is 17.6 Å². The lowest BCUT2D eigenvalue weighted by Crippen LogP contribution is -2.11. The van der Waals surface area contributed by atoms with Crippen LogP contribution in [0.25, 0.3) is 11.1 Å². The summed E-state index contributed by atoms with van der Waals surface area (Å²) in [7, 11) is -3.70. The van der Waals surface area contributed by atoms with Crippen LogP contribution in [0.2, 0.25) is 0 Å². The van der Waals surface area contributed by atoms with E-state index in [1.165, 1.54) is 24.8 Å². The van der Waals surface area contributed by atoms with Gasteiger partial charge in [0.15, 0.2) is 5.12 Å². The standard InChI is InChI=1S/C15H15NO3S2/c1-11(17)20-10-12-5-7-13(8-6-12)14-3-2-4-15(9-14)21(16,18)19/h2-9H,10H2,1H3,(H2,16,18,19). The van der Waals surface area contributed by atoms with Crippen molar-refractivity contribution in [3.63, 3.8) is 0 Å². The smallest absolute Gasteiger partial charge is 0.238 e. The topological polar surface area (TPSA) is 77.2 Å². The van der Waals surface area contributed by atoms with E-state index < -0.39 is 10.0 Å². The predicted molar refractivity (Wildman–Crippen MR) is 85.2 cm³/mol. The number of rotatable bonds is 4. The minimum absolute atomic E-state index is 0.0833. The molecule has 0 saturated carbocycles. The van der Waals surface area contributed by atoms with E-state index in [9.17, 15) is 13.2 Å². The van der Waals surface area contributed by atoms with Gasteiger partial charge in [0.05, 0.1) is 4.90 Å². The predicted octanol–water partition coefficient (Wildman–Crippen LogP) is 2.78. The van der Waals surface area contributed by atoms with E-state index in [0.717, 1.165) is 16.7 Å². The molecule has 2 N–H and O–H groups in total. The number of primary sulfonamides is 1. The Morgan fingerprint density at radius 1 is 1.10 bits per heavy atom. The van der Waals surface area contributed by atoms with Gasteiger partial charge < -0.3 is 0 Å². The zero-order valence-electron chi connectivity index (χ0n) is 11.4. The summed E-state index contributed by atoms with van der Waals surface area (Å²) in [5.41, 5.74) is 2.73. The lowest BCUT2D eigenvalue weighted by Gasteiger charge is -2.06. The van der Waals surface area contributed by atoms with Crippen LogP contribution in [0.1, 0.15) is 12.5 Å². The van der Waals surface area contributed by atoms with Crippen LogP contribution >= 0.6 is 11.8 Å². The Bertz CT molecular complexity index is 753. The summed E-state index contributed by atoms with van der Waals surface area (Å²) >= 11 is 1.26. The molecule has 0 radical (unpaired) electrons. The van der Waals surface area contributed by atoms with Crippen molar-refractivity contribution in [3.05, 3.63) is 54.1 Å². The molecule has 0 heterocycles. The van der Waals surface area contributed by atoms with Gasteiger partial charge in [-0.05, 0) is 28.8 Å². The molecular weight excluding hydrogens is 306 g/mol. The molecular formula is C15H15NO3S2. The van der Waals surface area contributed by atoms with Gasteiger partial charge in [-0.15, -0.1) is 0 Å². The van der Waals surface area contributed by atoms with Crippen LogP contribution in [0.5, 0.6) is 0 Å². The van der Waals surface area contributed by atoms with Crippen molar-refractivity contribution < 1.29 is 13.2 Å². The molecule has 0 aliphatic carbocycles. The zero-order chi connectivity index (χ0) is 15.5. The van der Waals surface area contributed by atoms with Gasteiger partial charge >= 0.3 is 0 Å². The minimum Gasteiger partial charge on any atom is -0.288 e. The van der Waals surface area contributed by atoms with Crippen molar-refractivity contribution in [2.75, 3.05) is 0 Å². The normalized spacial score (nSPS) is 11.3. The maximum Gasteiger partial charge on any atom is 0.238 e. The lowest BCUT2D eigenvalue weighted by molar-refractivity contribution is -0.109. The van der Waals surface area contributed by atoms with Crippen LogP contribution in [-0.2, 0) is 20.6 Å². The van der Waals surface area contributed by atoms with Crippen LogP contribution in [-0.4, -0.2) is 13.5 Å². The van der Waals surface area contributed by atoms with Gasteiger partial charge in [-0.2, -0.15) is 0 Å². The van der Waals surface area contributed by atoms with Crippen LogP contribution in [0.3, 0.4) is 0 Å². The molecule has 0 aliphatic rings. The van der Waals surface area contributed by atoms with Gasteiger partial charge in [0.25, 0.3) is 0 Å². The molecule has 0 bridgehead atoms. The third-order valence-electron chi connectivity index (χ3n) is 2.89. The summed E-state index contributed by atoms with van der Waals surface area (Å²) in [6.07, 6.45) is 0. The Kier molecular flexibility index (Phi) is 4.82. The molecule has 2 rings (SSSR count). The highest BCUT2D eigenvalue weighted by atomic mass is 32.2. The van der Waals surface area contributed by atoms with E-state index >= 15 is 0 Å². The highest BCUT2D eigenvalue weighted by Gasteiger charge is 2.08. The largest absolute Gasteiger partial charge is 0.288 e. The summed E-state index contributed by atoms with van der Waals surface area (Å²) < 4.78 is 22.7. The fourth-order valence-electron chi connectivity index (χ4n) is 1.83. The Labute approximate surface area is 128 Å². The highest BCUT2D eigenvalue weighted by molar-refractivity contribution is 8.12. The molecule has 0 amide bonds. The van der Waals surface area contributed by atoms with Crippen molar-refractivity contribution >= 4 is 26.9 Å². The second kappa shape index (κ2) is 6.43. The van der Waals surface area contributed by atoms with E-state index in [-0.39, 0.29) is 10.0 Å². The van der Waals surface area contributed by atoms with Gasteiger partial charge in [0.2, 0.25) is 10.0 Å². The number of hydrogen-bond acceptors (Lipinski definition) is 4. The fraction of sp³-hybridized carbons (Fsp3) is 0.133. The SMILES string of the molecule is CC(=O)SCc1ccc(-c2cccc(S(N)(=O)=O)c2)cc1. The van der Waals surface area contributed by atoms with Gasteiger partial charge in [-0.25, -0.2) is 13.6 Å². The number of hydrogen-bond donors (Lipinski definition) is 1. The molecule has 0 atom stereocenters. The Balaban J connectivity index is 2.25. The number of carbonyl (C=O) groups excluding carboxylic acids is 1. The van der Waals surface area contributed by atoms with E-state index in [4.69, 9.17) is 5.14 Å². The first-order valence-electron chi connectivity index (χ1n) is 6.22. The van der Waals surface area contributed by atoms with Crippen LogP contribution in [0, 0.1) is 0 Å². The molecule has 0 saturated heterocycles. The summed E-state index contributed by atoms with van der Waals surface area (Å²) in [5.74, 6) is 0.632. The Hall–Kier alpha value is -1.63. The fourth-order valence-corrected chi connectivity index (χ4v) is 2.95. The van der Waals surface area contributed by atoms with Gasteiger partial charge in [-0.1, -0.05) is 48.2 Å². The molecule has 110 valence electrons. The van der Waals surface area contributed by atoms with Crippen molar-refractivity contribution in [1.29, 1.82) is 0 Å². The second-order valence-electron chi connectivity index (χ2n) is 4.55. The number of benzene rings is 2. The second-order valence-corrected chi connectivity index (χ2v) is 7.26. The third-order valence-corrected chi connectivity index (χ3v) is 4.69. The van der Waals surface area contributed by atoms with E-state index in [2.05, 4.69) is 0 Å². The third kappa shape index (κ3) is 4.42. The molecule has 4 nitrogen and oxygen atoms in total. The van der Waals surface area contributed by atoms with Crippen molar-refractivity contribution in [2.24, 2.45) is 5.14 Å². The molecule has 0 spiro atoms. The van der Waals surface area contributed by atoms with E-state index in [1.54, 1.807) is 12.1 Å². The van der Waals surface area contributed by atoms with Crippen LogP contribution in [0.4, 0.5) is 0 Å². The first-order chi connectivity index (χ1) is 9.86. The summed E-state index contributed by atoms with van der Waals surface area (Å²) in [6, 6.07) is 14.2. The summed E-state index contributed by atoms with van der Waals surface area (Å²) in [6.45, 7) is 1.54. The van der Waals surface area contributed by atoms with Crippen LogP contribution in [0.15, 0.2) is 53.4 Å². The Morgan fingerprint density at radius 2 is 1.76 bits per heavy atom. The molecule has 2 aromatic rings. The quantitative estimate of drug-likeness (QED) is 0.939. The zero-order valence-corrected chi connectivity index (χ0v) is 13.1. The van der Waals surface area contributed by atoms with Gasteiger partial charge in [-0.3, -0.25) is 4.79 Å². The molecule has 0 fully saturated rings. The number of nitrogens with two attached hydrogens (primary N) is 1. The van der Waals surface area contributed by atoms with Gasteiger partial charge in [0.1, 0.15) is 0 Å². The number of sulfonamides is 1. The summed E-state index contributed by atoms with van der Waals surface area (Å²) in [4.78, 5) is 11.0. The maximum atomic E-state index is 11.4. The molecule has 0 unspecified atom stereocenters. The average Bonchev–Trinajstić information content (AvgIpc) is 2.45. The monoisotopic (exact) mass is 321 g/mol. The Morgan fingerprint density at radius 3 is 2.33 bits per heavy atom. The molecule has 0 aliphatic heterocycles. The number of carbonyl (C=O) groups is 1. The van der Waals surface area contributed by atoms with Crippen molar-refractivity contribution in [3.8, 4) is 11.1 Å². The number of thioether (sulfide) groups is 1. The molecule has 6 heteroatoms. The summed E-state index contributed by atoms with van der Waals surface area (Å²) in [5, 5.41) is 5.22. The van der Waals surface area contributed by atoms with Crippen LogP contribution < -0.4 is 5.14 Å². The first kappa shape index (κ1) is 15.8. The van der Waals surface area contributed by atoms with E-state index in [1.807, 2.05) is 30.3 Å². The maximum absolute atomic E-state index is 11.4. The minimum atomic E-state index is -3.70. The molecule has 2 aromatic carbocycles. The first-order valence-corrected chi connectivity index (χ1v) is 8.75. The lowest BCUT2D eigenvalue weighted by atomic mass is 10.0. The highest BCUT2D eigenvalue weighted by Crippen LogP contribution is 2.23. The average molecular weight is 321 g/mol. The van der Waals surface area contributed by atoms with Gasteiger partial charge in [0, 0.05) is 12.7 Å². The molecule has 0 aromatic heterocycles. The van der Waals surface area contributed by atoms with Crippen molar-refractivity contribution in [1.82, 2.24) is 0 Å².